The van der Waals surface area contributed by atoms with Crippen molar-refractivity contribution >= 4 is 22.4 Å². The van der Waals surface area contributed by atoms with Crippen LogP contribution in [0.3, 0.4) is 0 Å². The van der Waals surface area contributed by atoms with Gasteiger partial charge in [0, 0.05) is 16.5 Å². The Kier molecular flexibility index (Phi) is 6.56. The van der Waals surface area contributed by atoms with Gasteiger partial charge in [0.25, 0.3) is 5.91 Å². The van der Waals surface area contributed by atoms with Crippen LogP contribution in [0.1, 0.15) is 15.9 Å². The summed E-state index contributed by atoms with van der Waals surface area (Å²) in [4.78, 5) is 17.5. The molecule has 0 saturated heterocycles. The number of halogens is 3. The molecule has 0 bridgehead atoms. The molecular weight excluding hydrogens is 465 g/mol. The monoisotopic (exact) mass is 484 g/mol. The highest BCUT2D eigenvalue weighted by molar-refractivity contribution is 7.14. The van der Waals surface area contributed by atoms with Crippen LogP contribution in [0.2, 0.25) is 0 Å². The second-order valence-corrected chi connectivity index (χ2v) is 8.13. The van der Waals surface area contributed by atoms with E-state index in [-0.39, 0.29) is 11.7 Å². The molecular formula is C25H19F3N2O3S. The fourth-order valence-electron chi connectivity index (χ4n) is 3.44. The minimum atomic E-state index is -4.75. The molecule has 174 valence electrons. The summed E-state index contributed by atoms with van der Waals surface area (Å²) < 4.78 is 46.4. The van der Waals surface area contributed by atoms with E-state index in [9.17, 15) is 18.0 Å². The number of nitrogens with zero attached hydrogens (tertiary/aromatic N) is 1. The molecule has 5 nitrogen and oxygen atoms in total. The van der Waals surface area contributed by atoms with Crippen molar-refractivity contribution < 1.29 is 27.4 Å². The third-order valence-electron chi connectivity index (χ3n) is 5.07. The lowest BCUT2D eigenvalue weighted by atomic mass is 9.96. The molecule has 0 radical (unpaired) electrons. The zero-order chi connectivity index (χ0) is 24.3. The SMILES string of the molecule is COc1cccc(-c2csc(NC(=O)c3cccc(-c4ccc(OC(F)(F)F)cc4)c3C)n2)c1. The van der Waals surface area contributed by atoms with Gasteiger partial charge in [-0.15, -0.1) is 24.5 Å². The van der Waals surface area contributed by atoms with E-state index in [0.717, 1.165) is 11.1 Å². The molecule has 0 saturated carbocycles. The number of alkyl halides is 3. The molecule has 3 aromatic carbocycles. The summed E-state index contributed by atoms with van der Waals surface area (Å²) in [6, 6.07) is 18.2. The lowest BCUT2D eigenvalue weighted by molar-refractivity contribution is -0.274. The highest BCUT2D eigenvalue weighted by atomic mass is 32.1. The molecule has 4 rings (SSSR count). The maximum Gasteiger partial charge on any atom is 0.573 e. The molecule has 0 spiro atoms. The number of thiazole rings is 1. The maximum atomic E-state index is 13.0. The first-order chi connectivity index (χ1) is 16.2. The number of rotatable bonds is 6. The fraction of sp³-hybridized carbons (Fsp3) is 0.120. The Morgan fingerprint density at radius 2 is 1.71 bits per heavy atom. The number of hydrogen-bond acceptors (Lipinski definition) is 5. The third kappa shape index (κ3) is 5.37. The van der Waals surface area contributed by atoms with Gasteiger partial charge in [0.15, 0.2) is 5.13 Å². The predicted octanol–water partition coefficient (Wildman–Crippen LogP) is 6.95. The molecule has 1 amide bonds. The first kappa shape index (κ1) is 23.3. The van der Waals surface area contributed by atoms with E-state index in [1.807, 2.05) is 29.6 Å². The van der Waals surface area contributed by atoms with Gasteiger partial charge in [0.2, 0.25) is 0 Å². The molecule has 0 aliphatic rings. The molecule has 1 aromatic heterocycles. The second-order valence-electron chi connectivity index (χ2n) is 7.27. The van der Waals surface area contributed by atoms with Crippen molar-refractivity contribution in [2.75, 3.05) is 12.4 Å². The van der Waals surface area contributed by atoms with Gasteiger partial charge in [-0.3, -0.25) is 10.1 Å². The van der Waals surface area contributed by atoms with E-state index in [4.69, 9.17) is 4.74 Å². The molecule has 9 heteroatoms. The molecule has 0 aliphatic carbocycles. The van der Waals surface area contributed by atoms with Crippen molar-refractivity contribution in [1.29, 1.82) is 0 Å². The van der Waals surface area contributed by atoms with Gasteiger partial charge in [0.1, 0.15) is 11.5 Å². The number of methoxy groups -OCH3 is 1. The highest BCUT2D eigenvalue weighted by Gasteiger charge is 2.31. The van der Waals surface area contributed by atoms with Crippen molar-refractivity contribution in [3.8, 4) is 33.9 Å². The largest absolute Gasteiger partial charge is 0.573 e. The fourth-order valence-corrected chi connectivity index (χ4v) is 4.16. The highest BCUT2D eigenvalue weighted by Crippen LogP contribution is 2.31. The molecule has 4 aromatic rings. The number of ether oxygens (including phenoxy) is 2. The third-order valence-corrected chi connectivity index (χ3v) is 5.83. The minimum absolute atomic E-state index is 0.307. The average Bonchev–Trinajstić information content (AvgIpc) is 3.27. The second kappa shape index (κ2) is 9.56. The zero-order valence-electron chi connectivity index (χ0n) is 18.1. The van der Waals surface area contributed by atoms with E-state index in [0.29, 0.717) is 33.3 Å². The number of hydrogen-bond donors (Lipinski definition) is 1. The smallest absolute Gasteiger partial charge is 0.497 e. The standard InChI is InChI=1S/C25H19F3N2O3S/c1-15-20(16-9-11-18(12-10-16)33-25(26,27)28)7-4-8-21(15)23(31)30-24-29-22(14-34-24)17-5-3-6-19(13-17)32-2/h3-14H,1-2H3,(H,29,30,31). The minimum Gasteiger partial charge on any atom is -0.497 e. The summed E-state index contributed by atoms with van der Waals surface area (Å²) >= 11 is 1.30. The topological polar surface area (TPSA) is 60.5 Å². The molecule has 0 unspecified atom stereocenters. The first-order valence-corrected chi connectivity index (χ1v) is 11.0. The Morgan fingerprint density at radius 3 is 2.41 bits per heavy atom. The van der Waals surface area contributed by atoms with Crippen molar-refractivity contribution in [2.45, 2.75) is 13.3 Å². The molecule has 1 N–H and O–H groups in total. The number of benzene rings is 3. The van der Waals surface area contributed by atoms with Crippen LogP contribution in [0, 0.1) is 6.92 Å². The normalized spacial score (nSPS) is 11.2. The number of anilines is 1. The van der Waals surface area contributed by atoms with Gasteiger partial charge in [-0.1, -0.05) is 36.4 Å². The summed E-state index contributed by atoms with van der Waals surface area (Å²) in [6.07, 6.45) is -4.75. The van der Waals surface area contributed by atoms with Crippen LogP contribution in [0.25, 0.3) is 22.4 Å². The lowest BCUT2D eigenvalue weighted by Gasteiger charge is -2.12. The summed E-state index contributed by atoms with van der Waals surface area (Å²) in [5, 5.41) is 5.11. The Bertz CT molecular complexity index is 1320. The summed E-state index contributed by atoms with van der Waals surface area (Å²) in [6.45, 7) is 1.79. The van der Waals surface area contributed by atoms with Gasteiger partial charge >= 0.3 is 6.36 Å². The first-order valence-electron chi connectivity index (χ1n) is 10.1. The molecule has 0 aliphatic heterocycles. The summed E-state index contributed by atoms with van der Waals surface area (Å²) in [5.41, 5.74) is 4.09. The number of aromatic nitrogens is 1. The Hall–Kier alpha value is -3.85. The van der Waals surface area contributed by atoms with Crippen LogP contribution >= 0.6 is 11.3 Å². The van der Waals surface area contributed by atoms with Gasteiger partial charge < -0.3 is 9.47 Å². The van der Waals surface area contributed by atoms with E-state index >= 15 is 0 Å². The number of nitrogens with one attached hydrogen (secondary N) is 1. The van der Waals surface area contributed by atoms with Crippen LogP contribution in [-0.2, 0) is 0 Å². The van der Waals surface area contributed by atoms with Crippen molar-refractivity contribution in [2.24, 2.45) is 0 Å². The molecule has 34 heavy (non-hydrogen) atoms. The summed E-state index contributed by atoms with van der Waals surface area (Å²) in [7, 11) is 1.59. The van der Waals surface area contributed by atoms with E-state index < -0.39 is 6.36 Å². The van der Waals surface area contributed by atoms with Crippen LogP contribution < -0.4 is 14.8 Å². The Balaban J connectivity index is 1.53. The Labute approximate surface area is 197 Å². The van der Waals surface area contributed by atoms with Crippen LogP contribution in [0.4, 0.5) is 18.3 Å². The maximum absolute atomic E-state index is 13.0. The average molecular weight is 484 g/mol. The molecule has 0 fully saturated rings. The van der Waals surface area contributed by atoms with Gasteiger partial charge in [-0.25, -0.2) is 4.98 Å². The van der Waals surface area contributed by atoms with E-state index in [1.165, 1.54) is 35.6 Å². The Morgan fingerprint density at radius 1 is 0.971 bits per heavy atom. The van der Waals surface area contributed by atoms with Gasteiger partial charge in [-0.05, 0) is 53.9 Å². The quantitative estimate of drug-likeness (QED) is 0.322. The van der Waals surface area contributed by atoms with Crippen molar-refractivity contribution in [3.63, 3.8) is 0 Å². The molecule has 0 atom stereocenters. The van der Waals surface area contributed by atoms with Gasteiger partial charge in [-0.2, -0.15) is 0 Å². The predicted molar refractivity (Wildman–Crippen MR) is 125 cm³/mol. The molecule has 1 heterocycles. The number of amides is 1. The lowest BCUT2D eigenvalue weighted by Crippen LogP contribution is -2.17. The zero-order valence-corrected chi connectivity index (χ0v) is 19.0. The van der Waals surface area contributed by atoms with Crippen LogP contribution in [-0.4, -0.2) is 24.4 Å². The number of carbonyl (C=O) groups is 1. The summed E-state index contributed by atoms with van der Waals surface area (Å²) in [5.74, 6) is 0.0721. The van der Waals surface area contributed by atoms with Crippen molar-refractivity contribution in [3.05, 3.63) is 83.2 Å². The van der Waals surface area contributed by atoms with Crippen LogP contribution in [0.15, 0.2) is 72.1 Å². The van der Waals surface area contributed by atoms with Crippen LogP contribution in [0.5, 0.6) is 11.5 Å². The van der Waals surface area contributed by atoms with Crippen molar-refractivity contribution in [1.82, 2.24) is 4.98 Å². The van der Waals surface area contributed by atoms with E-state index in [1.54, 1.807) is 32.2 Å². The van der Waals surface area contributed by atoms with E-state index in [2.05, 4.69) is 15.0 Å². The van der Waals surface area contributed by atoms with Gasteiger partial charge in [0.05, 0.1) is 12.8 Å². The number of carbonyl (C=O) groups excluding carboxylic acids is 1.